The number of aromatic nitrogens is 4. The van der Waals surface area contributed by atoms with Crippen LogP contribution < -0.4 is 10.1 Å². The minimum Gasteiger partial charge on any atom is -0.497 e. The van der Waals surface area contributed by atoms with Crippen molar-refractivity contribution in [3.05, 3.63) is 65.6 Å². The molecule has 5 rings (SSSR count). The molecule has 0 radical (unpaired) electrons. The van der Waals surface area contributed by atoms with Gasteiger partial charge in [-0.05, 0) is 36.8 Å². The van der Waals surface area contributed by atoms with Gasteiger partial charge in [0.25, 0.3) is 0 Å². The number of ether oxygens (including phenoxy) is 2. The molecule has 0 unspecified atom stereocenters. The van der Waals surface area contributed by atoms with Gasteiger partial charge in [0.2, 0.25) is 0 Å². The van der Waals surface area contributed by atoms with E-state index in [0.29, 0.717) is 6.61 Å². The topological polar surface area (TPSA) is 69.4 Å². The minimum absolute atomic E-state index is 0.0685. The zero-order valence-corrected chi connectivity index (χ0v) is 19.6. The number of rotatable bonds is 6. The first kappa shape index (κ1) is 21.5. The molecule has 172 valence electrons. The second-order valence-corrected chi connectivity index (χ2v) is 8.61. The molecular weight excluding hydrogens is 416 g/mol. The van der Waals surface area contributed by atoms with Crippen LogP contribution >= 0.6 is 0 Å². The number of aryl methyl sites for hydroxylation is 3. The van der Waals surface area contributed by atoms with Gasteiger partial charge in [-0.1, -0.05) is 6.07 Å². The number of nitrogens with zero attached hydrogens (tertiary/aromatic N) is 5. The number of hydrogen-bond donors (Lipinski definition) is 1. The van der Waals surface area contributed by atoms with E-state index >= 15 is 0 Å². The van der Waals surface area contributed by atoms with Crippen LogP contribution in [0.3, 0.4) is 0 Å². The first-order chi connectivity index (χ1) is 16.0. The number of fused-ring (bicyclic) bond motifs is 1. The fraction of sp³-hybridized carbons (Fsp3) is 0.360. The summed E-state index contributed by atoms with van der Waals surface area (Å²) < 4.78 is 15.5. The van der Waals surface area contributed by atoms with E-state index in [-0.39, 0.29) is 6.10 Å². The maximum atomic E-state index is 6.11. The normalized spacial score (nSPS) is 16.9. The summed E-state index contributed by atoms with van der Waals surface area (Å²) in [6.07, 6.45) is 2.15. The van der Waals surface area contributed by atoms with Gasteiger partial charge in [0.1, 0.15) is 17.7 Å². The van der Waals surface area contributed by atoms with Gasteiger partial charge in [0.15, 0.2) is 5.82 Å². The van der Waals surface area contributed by atoms with Gasteiger partial charge < -0.3 is 19.4 Å². The molecule has 4 aromatic rings. The Kier molecular flexibility index (Phi) is 5.78. The van der Waals surface area contributed by atoms with Crippen molar-refractivity contribution in [2.45, 2.75) is 19.6 Å². The molecule has 4 heterocycles. The summed E-state index contributed by atoms with van der Waals surface area (Å²) in [5.74, 6) is 2.44. The maximum absolute atomic E-state index is 6.11. The number of nitrogens with one attached hydrogen (secondary N) is 1. The van der Waals surface area contributed by atoms with Gasteiger partial charge >= 0.3 is 0 Å². The fourth-order valence-electron chi connectivity index (χ4n) is 4.42. The molecule has 8 heteroatoms. The summed E-state index contributed by atoms with van der Waals surface area (Å²) in [6.45, 7) is 5.27. The van der Waals surface area contributed by atoms with Gasteiger partial charge in [-0.3, -0.25) is 9.58 Å². The zero-order chi connectivity index (χ0) is 22.9. The number of anilines is 2. The van der Waals surface area contributed by atoms with Gasteiger partial charge in [-0.2, -0.15) is 5.10 Å². The molecular formula is C25H30N6O2. The maximum Gasteiger partial charge on any atom is 0.153 e. The molecule has 0 spiro atoms. The second-order valence-electron chi connectivity index (χ2n) is 8.61. The van der Waals surface area contributed by atoms with E-state index in [0.717, 1.165) is 48.4 Å². The van der Waals surface area contributed by atoms with Crippen molar-refractivity contribution in [1.82, 2.24) is 24.2 Å². The van der Waals surface area contributed by atoms with Crippen LogP contribution in [0, 0.1) is 6.92 Å². The van der Waals surface area contributed by atoms with Crippen LogP contribution in [0.5, 0.6) is 5.75 Å². The van der Waals surface area contributed by atoms with Crippen molar-refractivity contribution < 1.29 is 9.47 Å². The van der Waals surface area contributed by atoms with Crippen LogP contribution in [0.2, 0.25) is 0 Å². The summed E-state index contributed by atoms with van der Waals surface area (Å²) in [5, 5.41) is 9.02. The lowest BCUT2D eigenvalue weighted by Gasteiger charge is -2.32. The number of morpholine rings is 1. The third-order valence-corrected chi connectivity index (χ3v) is 6.30. The van der Waals surface area contributed by atoms with E-state index in [1.807, 2.05) is 49.0 Å². The summed E-state index contributed by atoms with van der Waals surface area (Å²) >= 11 is 0. The molecule has 1 aliphatic heterocycles. The standard InChI is InChI=1S/C25H30N6O2/c1-17-12-25(28-30(17)3)27-24-7-5-6-21(26-24)23-16-31(10-11-33-23)15-18-14-29(2)22-13-19(32-4)8-9-20(18)22/h5-9,12-14,23H,10-11,15-16H2,1-4H3,(H,26,27,28)/t23-/m1/s1. The molecule has 1 atom stereocenters. The smallest absolute Gasteiger partial charge is 0.153 e. The Morgan fingerprint density at radius 2 is 2.03 bits per heavy atom. The van der Waals surface area contributed by atoms with E-state index < -0.39 is 0 Å². The van der Waals surface area contributed by atoms with Crippen molar-refractivity contribution in [2.75, 3.05) is 32.1 Å². The van der Waals surface area contributed by atoms with Crippen LogP contribution in [-0.4, -0.2) is 51.0 Å². The third-order valence-electron chi connectivity index (χ3n) is 6.30. The van der Waals surface area contributed by atoms with Gasteiger partial charge in [-0.15, -0.1) is 0 Å². The van der Waals surface area contributed by atoms with Crippen LogP contribution in [0.1, 0.15) is 23.1 Å². The molecule has 1 aliphatic rings. The van der Waals surface area contributed by atoms with Gasteiger partial charge in [-0.25, -0.2) is 4.98 Å². The monoisotopic (exact) mass is 446 g/mol. The molecule has 1 aromatic carbocycles. The molecule has 0 bridgehead atoms. The molecule has 1 saturated heterocycles. The zero-order valence-electron chi connectivity index (χ0n) is 19.6. The lowest BCUT2D eigenvalue weighted by atomic mass is 10.1. The fourth-order valence-corrected chi connectivity index (χ4v) is 4.42. The SMILES string of the molecule is COc1ccc2c(CN3CCO[C@@H](c4cccc(Nc5cc(C)n(C)n5)n4)C3)cn(C)c2c1. The molecule has 1 fully saturated rings. The number of methoxy groups -OCH3 is 1. The Morgan fingerprint density at radius 3 is 2.82 bits per heavy atom. The van der Waals surface area contributed by atoms with E-state index in [2.05, 4.69) is 45.3 Å². The Hall–Kier alpha value is -3.36. The van der Waals surface area contributed by atoms with Crippen LogP contribution in [-0.2, 0) is 25.4 Å². The summed E-state index contributed by atoms with van der Waals surface area (Å²) in [6, 6.07) is 14.3. The Morgan fingerprint density at radius 1 is 1.15 bits per heavy atom. The van der Waals surface area contributed by atoms with Crippen molar-refractivity contribution in [3.63, 3.8) is 0 Å². The molecule has 0 aliphatic carbocycles. The lowest BCUT2D eigenvalue weighted by Crippen LogP contribution is -2.38. The molecule has 3 aromatic heterocycles. The molecule has 0 amide bonds. The average molecular weight is 447 g/mol. The van der Waals surface area contributed by atoms with Crippen LogP contribution in [0.4, 0.5) is 11.6 Å². The Bertz CT molecular complexity index is 1260. The summed E-state index contributed by atoms with van der Waals surface area (Å²) in [5.41, 5.74) is 4.51. The summed E-state index contributed by atoms with van der Waals surface area (Å²) in [4.78, 5) is 7.26. The number of benzene rings is 1. The Balaban J connectivity index is 1.31. The number of hydrogen-bond acceptors (Lipinski definition) is 6. The van der Waals surface area contributed by atoms with Gasteiger partial charge in [0.05, 0.1) is 24.9 Å². The highest BCUT2D eigenvalue weighted by Crippen LogP contribution is 2.28. The van der Waals surface area contributed by atoms with E-state index in [1.54, 1.807) is 7.11 Å². The van der Waals surface area contributed by atoms with E-state index in [4.69, 9.17) is 14.5 Å². The van der Waals surface area contributed by atoms with Crippen molar-refractivity contribution in [3.8, 4) is 5.75 Å². The second kappa shape index (κ2) is 8.88. The van der Waals surface area contributed by atoms with Crippen molar-refractivity contribution >= 4 is 22.5 Å². The van der Waals surface area contributed by atoms with Gasteiger partial charge in [0, 0.05) is 63.1 Å². The molecule has 8 nitrogen and oxygen atoms in total. The summed E-state index contributed by atoms with van der Waals surface area (Å²) in [7, 11) is 5.72. The molecule has 0 saturated carbocycles. The van der Waals surface area contributed by atoms with Crippen molar-refractivity contribution in [1.29, 1.82) is 0 Å². The van der Waals surface area contributed by atoms with Crippen LogP contribution in [0.15, 0.2) is 48.7 Å². The quantitative estimate of drug-likeness (QED) is 0.484. The highest BCUT2D eigenvalue weighted by atomic mass is 16.5. The van der Waals surface area contributed by atoms with Crippen LogP contribution in [0.25, 0.3) is 10.9 Å². The highest BCUT2D eigenvalue weighted by Gasteiger charge is 2.24. The Labute approximate surface area is 193 Å². The lowest BCUT2D eigenvalue weighted by molar-refractivity contribution is -0.0348. The highest BCUT2D eigenvalue weighted by molar-refractivity contribution is 5.85. The third kappa shape index (κ3) is 4.44. The molecule has 33 heavy (non-hydrogen) atoms. The first-order valence-electron chi connectivity index (χ1n) is 11.2. The first-order valence-corrected chi connectivity index (χ1v) is 11.2. The van der Waals surface area contributed by atoms with E-state index in [9.17, 15) is 0 Å². The molecule has 1 N–H and O–H groups in total. The average Bonchev–Trinajstić information content (AvgIpc) is 3.31. The van der Waals surface area contributed by atoms with E-state index in [1.165, 1.54) is 16.5 Å². The number of pyridine rings is 1. The minimum atomic E-state index is -0.0685. The largest absolute Gasteiger partial charge is 0.497 e. The predicted octanol–water partition coefficient (Wildman–Crippen LogP) is 3.94. The van der Waals surface area contributed by atoms with Crippen molar-refractivity contribution in [2.24, 2.45) is 14.1 Å². The predicted molar refractivity (Wildman–Crippen MR) is 129 cm³/mol.